The Morgan fingerprint density at radius 3 is 2.83 bits per heavy atom. The lowest BCUT2D eigenvalue weighted by Crippen LogP contribution is -2.16. The molecule has 3 rings (SSSR count). The van der Waals surface area contributed by atoms with Crippen LogP contribution >= 0.6 is 0 Å². The van der Waals surface area contributed by atoms with Crippen molar-refractivity contribution >= 4 is 17.4 Å². The number of aryl methyl sites for hydroxylation is 1. The van der Waals surface area contributed by atoms with Crippen molar-refractivity contribution in [3.63, 3.8) is 0 Å². The highest BCUT2D eigenvalue weighted by Crippen LogP contribution is 2.50. The molecular formula is C16H16O2. The third-order valence-corrected chi connectivity index (χ3v) is 3.88. The molecule has 0 aromatic heterocycles. The number of ketones is 1. The molecule has 0 N–H and O–H groups in total. The van der Waals surface area contributed by atoms with Crippen LogP contribution in [0.5, 0.6) is 5.75 Å². The van der Waals surface area contributed by atoms with E-state index in [0.717, 1.165) is 28.0 Å². The third-order valence-electron chi connectivity index (χ3n) is 3.88. The molecule has 2 aliphatic rings. The highest BCUT2D eigenvalue weighted by molar-refractivity contribution is 6.07. The molecule has 0 aliphatic heterocycles. The van der Waals surface area contributed by atoms with Crippen molar-refractivity contribution in [1.29, 1.82) is 0 Å². The second-order valence-corrected chi connectivity index (χ2v) is 5.38. The third kappa shape index (κ3) is 1.45. The molecule has 0 heterocycles. The summed E-state index contributed by atoms with van der Waals surface area (Å²) in [5, 5.41) is 0. The number of ether oxygens (including phenoxy) is 1. The largest absolute Gasteiger partial charge is 0.496 e. The lowest BCUT2D eigenvalue weighted by atomic mass is 9.74. The number of benzene rings is 1. The van der Waals surface area contributed by atoms with Crippen molar-refractivity contribution in [2.24, 2.45) is 5.41 Å². The number of hydrogen-bond donors (Lipinski definition) is 0. The van der Waals surface area contributed by atoms with Gasteiger partial charge < -0.3 is 4.74 Å². The molecule has 1 aromatic rings. The molecule has 0 saturated heterocycles. The van der Waals surface area contributed by atoms with E-state index < -0.39 is 0 Å². The van der Waals surface area contributed by atoms with Crippen molar-refractivity contribution in [2.45, 2.75) is 20.3 Å². The minimum absolute atomic E-state index is 0.136. The Bertz CT molecular complexity index is 608. The molecule has 0 spiro atoms. The van der Waals surface area contributed by atoms with Gasteiger partial charge in [0.15, 0.2) is 5.78 Å². The van der Waals surface area contributed by atoms with E-state index >= 15 is 0 Å². The first-order valence-electron chi connectivity index (χ1n) is 6.17. The summed E-state index contributed by atoms with van der Waals surface area (Å²) < 4.78 is 5.44. The topological polar surface area (TPSA) is 26.3 Å². The number of fused-ring (bicyclic) bond motifs is 3. The van der Waals surface area contributed by atoms with Crippen LogP contribution in [0.1, 0.15) is 30.0 Å². The van der Waals surface area contributed by atoms with Gasteiger partial charge in [-0.05, 0) is 35.8 Å². The summed E-state index contributed by atoms with van der Waals surface area (Å²) in [6, 6.07) is 4.17. The van der Waals surface area contributed by atoms with Crippen LogP contribution in [0.15, 0.2) is 24.3 Å². The molecular weight excluding hydrogens is 224 g/mol. The van der Waals surface area contributed by atoms with Crippen LogP contribution < -0.4 is 4.74 Å². The molecule has 1 atom stereocenters. The van der Waals surface area contributed by atoms with Gasteiger partial charge in [-0.1, -0.05) is 25.1 Å². The van der Waals surface area contributed by atoms with E-state index in [9.17, 15) is 4.79 Å². The van der Waals surface area contributed by atoms with Crippen LogP contribution in [0.2, 0.25) is 0 Å². The summed E-state index contributed by atoms with van der Waals surface area (Å²) in [5.74, 6) is 1.09. The first-order chi connectivity index (χ1) is 8.53. The Kier molecular flexibility index (Phi) is 2.24. The number of carbonyl (C=O) groups excluding carboxylic acids is 1. The van der Waals surface area contributed by atoms with Gasteiger partial charge in [-0.25, -0.2) is 0 Å². The molecule has 1 unspecified atom stereocenters. The normalized spacial score (nSPS) is 24.6. The quantitative estimate of drug-likeness (QED) is 0.752. The molecule has 0 bridgehead atoms. The van der Waals surface area contributed by atoms with E-state index in [1.807, 2.05) is 6.07 Å². The molecule has 0 radical (unpaired) electrons. The highest BCUT2D eigenvalue weighted by Gasteiger charge is 2.38. The molecule has 0 fully saturated rings. The van der Waals surface area contributed by atoms with Gasteiger partial charge in [0.2, 0.25) is 0 Å². The Labute approximate surface area is 107 Å². The molecule has 0 saturated carbocycles. The maximum Gasteiger partial charge on any atom is 0.157 e. The summed E-state index contributed by atoms with van der Waals surface area (Å²) in [5.41, 5.74) is 4.38. The Morgan fingerprint density at radius 2 is 2.11 bits per heavy atom. The average molecular weight is 240 g/mol. The maximum atomic E-state index is 11.7. The summed E-state index contributed by atoms with van der Waals surface area (Å²) >= 11 is 0. The van der Waals surface area contributed by atoms with Gasteiger partial charge in [0, 0.05) is 17.4 Å². The van der Waals surface area contributed by atoms with Gasteiger partial charge in [0.05, 0.1) is 7.11 Å². The minimum atomic E-state index is -0.136. The van der Waals surface area contributed by atoms with Gasteiger partial charge >= 0.3 is 0 Å². The van der Waals surface area contributed by atoms with Crippen molar-refractivity contribution in [1.82, 2.24) is 0 Å². The lowest BCUT2D eigenvalue weighted by molar-refractivity contribution is -0.114. The van der Waals surface area contributed by atoms with E-state index in [1.165, 1.54) is 0 Å². The molecule has 1 aromatic carbocycles. The number of rotatable bonds is 1. The lowest BCUT2D eigenvalue weighted by Gasteiger charge is -2.29. The first kappa shape index (κ1) is 11.3. The van der Waals surface area contributed by atoms with Crippen molar-refractivity contribution in [2.75, 3.05) is 7.11 Å². The Balaban J connectivity index is 2.29. The second kappa shape index (κ2) is 3.58. The van der Waals surface area contributed by atoms with Crippen LogP contribution in [-0.2, 0) is 4.79 Å². The number of allylic oxidation sites excluding steroid dienone is 3. The van der Waals surface area contributed by atoms with Gasteiger partial charge in [0.1, 0.15) is 5.75 Å². The molecule has 0 amide bonds. The number of carbonyl (C=O) groups is 1. The van der Waals surface area contributed by atoms with Crippen molar-refractivity contribution in [3.8, 4) is 5.75 Å². The minimum Gasteiger partial charge on any atom is -0.496 e. The van der Waals surface area contributed by atoms with E-state index in [4.69, 9.17) is 4.74 Å². The average Bonchev–Trinajstić information content (AvgIpc) is 2.63. The molecule has 18 heavy (non-hydrogen) atoms. The van der Waals surface area contributed by atoms with E-state index in [2.05, 4.69) is 32.1 Å². The van der Waals surface area contributed by atoms with Gasteiger partial charge in [-0.3, -0.25) is 4.79 Å². The highest BCUT2D eigenvalue weighted by atomic mass is 16.5. The van der Waals surface area contributed by atoms with Crippen LogP contribution in [0, 0.1) is 12.3 Å². The number of methoxy groups -OCH3 is 1. The summed E-state index contributed by atoms with van der Waals surface area (Å²) in [6.07, 6.45) is 6.59. The molecule has 2 heteroatoms. The van der Waals surface area contributed by atoms with Crippen molar-refractivity contribution in [3.05, 3.63) is 41.0 Å². The fourth-order valence-electron chi connectivity index (χ4n) is 2.96. The van der Waals surface area contributed by atoms with E-state index in [1.54, 1.807) is 13.2 Å². The molecule has 2 nitrogen and oxygen atoms in total. The Hall–Kier alpha value is -1.83. The molecule has 92 valence electrons. The van der Waals surface area contributed by atoms with Gasteiger partial charge in [-0.15, -0.1) is 0 Å². The predicted octanol–water partition coefficient (Wildman–Crippen LogP) is 3.39. The monoisotopic (exact) mass is 240 g/mol. The zero-order valence-electron chi connectivity index (χ0n) is 10.9. The molecule has 2 aliphatic carbocycles. The van der Waals surface area contributed by atoms with E-state index in [0.29, 0.717) is 6.42 Å². The van der Waals surface area contributed by atoms with Crippen LogP contribution in [0.25, 0.3) is 11.6 Å². The van der Waals surface area contributed by atoms with Crippen LogP contribution in [0.4, 0.5) is 0 Å². The first-order valence-corrected chi connectivity index (χ1v) is 6.17. The maximum absolute atomic E-state index is 11.7. The smallest absolute Gasteiger partial charge is 0.157 e. The summed E-state index contributed by atoms with van der Waals surface area (Å²) in [6.45, 7) is 4.17. The zero-order chi connectivity index (χ0) is 12.9. The number of hydrogen-bond acceptors (Lipinski definition) is 2. The van der Waals surface area contributed by atoms with Crippen LogP contribution in [0.3, 0.4) is 0 Å². The standard InChI is InChI=1S/C16H16O2/c1-10-6-13-12(15(7-10)18-3)4-5-16(2)9-11(17)8-14(13)16/h4-8H,9H2,1-3H3. The zero-order valence-corrected chi connectivity index (χ0v) is 10.9. The van der Waals surface area contributed by atoms with Gasteiger partial charge in [-0.2, -0.15) is 0 Å². The summed E-state index contributed by atoms with van der Waals surface area (Å²) in [7, 11) is 1.69. The summed E-state index contributed by atoms with van der Waals surface area (Å²) in [4.78, 5) is 11.7. The van der Waals surface area contributed by atoms with Crippen LogP contribution in [-0.4, -0.2) is 12.9 Å². The second-order valence-electron chi connectivity index (χ2n) is 5.38. The fraction of sp³-hybridized carbons (Fsp3) is 0.312. The fourth-order valence-corrected chi connectivity index (χ4v) is 2.96. The SMILES string of the molecule is COc1cc(C)cc2c1C=CC1(C)CC(=O)C=C21. The Morgan fingerprint density at radius 1 is 1.33 bits per heavy atom. The van der Waals surface area contributed by atoms with E-state index in [-0.39, 0.29) is 11.2 Å². The predicted molar refractivity (Wildman–Crippen MR) is 72.5 cm³/mol. The van der Waals surface area contributed by atoms with Crippen molar-refractivity contribution < 1.29 is 9.53 Å². The van der Waals surface area contributed by atoms with Gasteiger partial charge in [0.25, 0.3) is 0 Å².